The van der Waals surface area contributed by atoms with Crippen LogP contribution in [0.2, 0.25) is 0 Å². The van der Waals surface area contributed by atoms with Crippen LogP contribution < -0.4 is 0 Å². The lowest BCUT2D eigenvalue weighted by Crippen LogP contribution is -2.01. The summed E-state index contributed by atoms with van der Waals surface area (Å²) in [6, 6.07) is 64.7. The molecular weight excluding hydrogens is 697 g/mol. The van der Waals surface area contributed by atoms with Crippen LogP contribution in [0, 0.1) is 34.0 Å². The molecule has 0 aliphatic heterocycles. The van der Waals surface area contributed by atoms with Crippen molar-refractivity contribution < 1.29 is 0 Å². The zero-order chi connectivity index (χ0) is 38.2. The highest BCUT2D eigenvalue weighted by molar-refractivity contribution is 6.15. The van der Waals surface area contributed by atoms with Gasteiger partial charge in [-0.05, 0) is 96.1 Å². The molecule has 0 saturated heterocycles. The number of hydrogen-bond acceptors (Lipinski definition) is 3. The van der Waals surface area contributed by atoms with Crippen LogP contribution in [-0.4, -0.2) is 13.7 Å². The Morgan fingerprint density at radius 3 is 1.26 bits per heavy atom. The molecule has 11 aromatic rings. The fraction of sp³-hybridized carbons (Fsp3) is 0. The first-order chi connectivity index (χ1) is 28.1. The molecule has 0 radical (unpaired) electrons. The lowest BCUT2D eigenvalue weighted by atomic mass is 9.99. The summed E-state index contributed by atoms with van der Waals surface area (Å²) in [6.07, 6.45) is 0. The van der Waals surface area contributed by atoms with Crippen molar-refractivity contribution in [2.75, 3.05) is 0 Å². The van der Waals surface area contributed by atoms with Crippen LogP contribution >= 0.6 is 0 Å². The van der Waals surface area contributed by atoms with Gasteiger partial charge in [-0.1, -0.05) is 84.9 Å². The molecule has 57 heavy (non-hydrogen) atoms. The minimum absolute atomic E-state index is 0.487. The second-order valence-electron chi connectivity index (χ2n) is 14.4. The third-order valence-corrected chi connectivity index (χ3v) is 11.2. The molecule has 0 N–H and O–H groups in total. The molecule has 0 unspecified atom stereocenters. The van der Waals surface area contributed by atoms with Gasteiger partial charge < -0.3 is 13.7 Å². The van der Waals surface area contributed by atoms with Crippen molar-refractivity contribution in [1.82, 2.24) is 13.7 Å². The molecular formula is C51H28N6. The van der Waals surface area contributed by atoms with Crippen molar-refractivity contribution >= 4 is 65.4 Å². The van der Waals surface area contributed by atoms with E-state index in [-0.39, 0.29) is 0 Å². The van der Waals surface area contributed by atoms with E-state index < -0.39 is 0 Å². The summed E-state index contributed by atoms with van der Waals surface area (Å²) < 4.78 is 6.75. The number of nitriles is 3. The summed E-state index contributed by atoms with van der Waals surface area (Å²) in [5.74, 6) is 0. The van der Waals surface area contributed by atoms with E-state index in [1.807, 2.05) is 66.7 Å². The van der Waals surface area contributed by atoms with Crippen LogP contribution in [0.25, 0.3) is 93.6 Å². The van der Waals surface area contributed by atoms with Crippen LogP contribution in [0.4, 0.5) is 0 Å². The third-order valence-electron chi connectivity index (χ3n) is 11.2. The summed E-state index contributed by atoms with van der Waals surface area (Å²) >= 11 is 0. The average molecular weight is 725 g/mol. The Morgan fingerprint density at radius 2 is 0.754 bits per heavy atom. The van der Waals surface area contributed by atoms with Gasteiger partial charge in [0.15, 0.2) is 0 Å². The van der Waals surface area contributed by atoms with E-state index in [0.29, 0.717) is 16.7 Å². The minimum Gasteiger partial charge on any atom is -0.309 e. The summed E-state index contributed by atoms with van der Waals surface area (Å²) in [4.78, 5) is 0. The first-order valence-electron chi connectivity index (χ1n) is 18.7. The summed E-state index contributed by atoms with van der Waals surface area (Å²) in [7, 11) is 0. The molecule has 0 fully saturated rings. The van der Waals surface area contributed by atoms with E-state index in [4.69, 9.17) is 0 Å². The summed E-state index contributed by atoms with van der Waals surface area (Å²) in [5, 5.41) is 37.4. The van der Waals surface area contributed by atoms with Gasteiger partial charge in [0.05, 0.1) is 73.7 Å². The maximum absolute atomic E-state index is 10.6. The molecule has 0 amide bonds. The highest BCUT2D eigenvalue weighted by Crippen LogP contribution is 2.41. The molecule has 11 rings (SSSR count). The van der Waals surface area contributed by atoms with Crippen LogP contribution in [0.15, 0.2) is 170 Å². The molecule has 3 heterocycles. The monoisotopic (exact) mass is 724 g/mol. The predicted molar refractivity (Wildman–Crippen MR) is 229 cm³/mol. The zero-order valence-electron chi connectivity index (χ0n) is 30.3. The number of hydrogen-bond donors (Lipinski definition) is 0. The van der Waals surface area contributed by atoms with Gasteiger partial charge in [0.25, 0.3) is 0 Å². The smallest absolute Gasteiger partial charge is 0.0992 e. The predicted octanol–water partition coefficient (Wildman–Crippen LogP) is 12.3. The van der Waals surface area contributed by atoms with Gasteiger partial charge in [0, 0.05) is 43.7 Å². The molecule has 0 bridgehead atoms. The largest absolute Gasteiger partial charge is 0.309 e. The first-order valence-corrected chi connectivity index (χ1v) is 18.7. The number of fused-ring (bicyclic) bond motifs is 9. The molecule has 0 saturated carbocycles. The zero-order valence-corrected chi connectivity index (χ0v) is 30.3. The van der Waals surface area contributed by atoms with Crippen LogP contribution in [0.5, 0.6) is 0 Å². The van der Waals surface area contributed by atoms with Crippen molar-refractivity contribution in [3.05, 3.63) is 187 Å². The number of aromatic nitrogens is 3. The maximum Gasteiger partial charge on any atom is 0.0992 e. The molecule has 262 valence electrons. The number of para-hydroxylation sites is 5. The van der Waals surface area contributed by atoms with Gasteiger partial charge >= 0.3 is 0 Å². The molecule has 3 aromatic heterocycles. The van der Waals surface area contributed by atoms with Gasteiger partial charge in [-0.2, -0.15) is 15.8 Å². The quantitative estimate of drug-likeness (QED) is 0.181. The van der Waals surface area contributed by atoms with E-state index in [1.54, 1.807) is 0 Å². The van der Waals surface area contributed by atoms with Crippen molar-refractivity contribution in [2.24, 2.45) is 0 Å². The van der Waals surface area contributed by atoms with E-state index in [0.717, 1.165) is 93.6 Å². The van der Waals surface area contributed by atoms with Crippen LogP contribution in [0.3, 0.4) is 0 Å². The second kappa shape index (κ2) is 12.3. The highest BCUT2D eigenvalue weighted by Gasteiger charge is 2.21. The molecule has 0 atom stereocenters. The van der Waals surface area contributed by atoms with Gasteiger partial charge in [-0.15, -0.1) is 0 Å². The normalized spacial score (nSPS) is 11.5. The minimum atomic E-state index is 0.487. The van der Waals surface area contributed by atoms with Gasteiger partial charge in [0.1, 0.15) is 0 Å². The standard InChI is InChI=1S/C51H28N6/c52-29-32-20-21-49-44(26-32)43-14-9-19-50(57-47-17-7-3-12-41(47)42-13-4-8-18-48(42)57)51(43)56(49)38-25-34(31-54)23-36(28-38)35-22-33(30-53)24-37(27-35)55-45-15-5-1-10-39(45)40-11-2-6-16-46(40)55/h1-28H. The lowest BCUT2D eigenvalue weighted by Gasteiger charge is -2.16. The van der Waals surface area contributed by atoms with Gasteiger partial charge in [0.2, 0.25) is 0 Å². The van der Waals surface area contributed by atoms with Crippen molar-refractivity contribution in [1.29, 1.82) is 15.8 Å². The maximum atomic E-state index is 10.6. The van der Waals surface area contributed by atoms with Crippen molar-refractivity contribution in [3.63, 3.8) is 0 Å². The topological polar surface area (TPSA) is 86.2 Å². The fourth-order valence-electron chi connectivity index (χ4n) is 8.89. The Kier molecular flexibility index (Phi) is 6.95. The Hall–Kier alpha value is -8.37. The number of nitrogens with zero attached hydrogens (tertiary/aromatic N) is 6. The highest BCUT2D eigenvalue weighted by atomic mass is 15.1. The average Bonchev–Trinajstić information content (AvgIpc) is 3.91. The Morgan fingerprint density at radius 1 is 0.316 bits per heavy atom. The number of rotatable bonds is 4. The van der Waals surface area contributed by atoms with Crippen LogP contribution in [0.1, 0.15) is 16.7 Å². The Balaban J connectivity index is 1.21. The third kappa shape index (κ3) is 4.74. The van der Waals surface area contributed by atoms with Crippen molar-refractivity contribution in [2.45, 2.75) is 0 Å². The lowest BCUT2D eigenvalue weighted by molar-refractivity contribution is 1.13. The van der Waals surface area contributed by atoms with Crippen LogP contribution in [-0.2, 0) is 0 Å². The summed E-state index contributed by atoms with van der Waals surface area (Å²) in [6.45, 7) is 0. The van der Waals surface area contributed by atoms with E-state index in [9.17, 15) is 15.8 Å². The summed E-state index contributed by atoms with van der Waals surface area (Å²) in [5.41, 5.74) is 12.0. The van der Waals surface area contributed by atoms with E-state index in [2.05, 4.69) is 135 Å². The molecule has 8 aromatic carbocycles. The van der Waals surface area contributed by atoms with Gasteiger partial charge in [-0.3, -0.25) is 0 Å². The van der Waals surface area contributed by atoms with Gasteiger partial charge in [-0.25, -0.2) is 0 Å². The second-order valence-corrected chi connectivity index (χ2v) is 14.4. The molecule has 0 aliphatic carbocycles. The number of benzene rings is 8. The first kappa shape index (κ1) is 32.1. The molecule has 6 heteroatoms. The SMILES string of the molecule is N#Cc1cc(-c2cc(C#N)cc(-n3c4ccc(C#N)cc4c4cccc(-n5c6ccccc6c6ccccc65)c43)c2)cc(-n2c3ccccc3c3ccccc32)c1. The van der Waals surface area contributed by atoms with E-state index >= 15 is 0 Å². The van der Waals surface area contributed by atoms with E-state index in [1.165, 1.54) is 0 Å². The fourth-order valence-corrected chi connectivity index (χ4v) is 8.89. The Labute approximate surface area is 326 Å². The van der Waals surface area contributed by atoms with Crippen molar-refractivity contribution in [3.8, 4) is 46.4 Å². The molecule has 0 spiro atoms. The molecule has 0 aliphatic rings. The Bertz CT molecular complexity index is 3520. The molecule has 6 nitrogen and oxygen atoms in total.